The number of nitrogens with zero attached hydrogens (tertiary/aromatic N) is 1. The zero-order chi connectivity index (χ0) is 21.1. The summed E-state index contributed by atoms with van der Waals surface area (Å²) >= 11 is 0. The Morgan fingerprint density at radius 2 is 1.60 bits per heavy atom. The molecule has 166 valence electrons. The molecule has 4 aliphatic rings. The van der Waals surface area contributed by atoms with E-state index >= 15 is 0 Å². The molecule has 4 aliphatic carbocycles. The Labute approximate surface area is 184 Å². The van der Waals surface area contributed by atoms with Crippen LogP contribution in [-0.2, 0) is 6.54 Å². The lowest BCUT2D eigenvalue weighted by Crippen LogP contribution is -2.56. The average Bonchev–Trinajstić information content (AvgIpc) is 3.06. The molecular formula is C28H43NO. The van der Waals surface area contributed by atoms with E-state index in [1.807, 2.05) is 0 Å². The largest absolute Gasteiger partial charge is 0.390 e. The van der Waals surface area contributed by atoms with Crippen LogP contribution >= 0.6 is 0 Å². The lowest BCUT2D eigenvalue weighted by atomic mass is 9.44. The van der Waals surface area contributed by atoms with Gasteiger partial charge in [-0.2, -0.15) is 0 Å². The van der Waals surface area contributed by atoms with Crippen LogP contribution < -0.4 is 0 Å². The van der Waals surface area contributed by atoms with Gasteiger partial charge in [-0.25, -0.2) is 0 Å². The van der Waals surface area contributed by atoms with Gasteiger partial charge in [-0.05, 0) is 112 Å². The highest BCUT2D eigenvalue weighted by atomic mass is 16.3. The van der Waals surface area contributed by atoms with E-state index < -0.39 is 5.60 Å². The fourth-order valence-electron chi connectivity index (χ4n) is 9.11. The van der Waals surface area contributed by atoms with Gasteiger partial charge in [-0.1, -0.05) is 44.2 Å². The SMILES string of the molecule is CN(Cc1ccccc1)[C@H]1CC[C@H]2[C@@H]3CC[C@H]4C[C@](C)(O)CC[C@]4(C)[C@H]3CC[C@]12C. The van der Waals surface area contributed by atoms with Gasteiger partial charge in [0.1, 0.15) is 0 Å². The number of benzene rings is 1. The molecular weight excluding hydrogens is 366 g/mol. The maximum absolute atomic E-state index is 10.7. The maximum atomic E-state index is 10.7. The standard InChI is InChI=1S/C28H43NO/c1-26(30)16-17-27(2)21(18-26)10-11-22-23-12-13-25(28(23,3)15-14-24(22)27)29(4)19-20-8-6-5-7-9-20/h5-9,21-25,30H,10-19H2,1-4H3/t21-,22-,23-,24-,25-,26+,27-,28-/m0/s1. The highest BCUT2D eigenvalue weighted by molar-refractivity contribution is 5.16. The van der Waals surface area contributed by atoms with Crippen molar-refractivity contribution in [3.63, 3.8) is 0 Å². The number of fused-ring (bicyclic) bond motifs is 5. The van der Waals surface area contributed by atoms with Crippen molar-refractivity contribution in [3.05, 3.63) is 35.9 Å². The van der Waals surface area contributed by atoms with E-state index in [1.165, 1.54) is 50.5 Å². The minimum Gasteiger partial charge on any atom is -0.390 e. The molecule has 0 radical (unpaired) electrons. The molecule has 5 rings (SSSR count). The third-order valence-electron chi connectivity index (χ3n) is 10.7. The molecule has 0 unspecified atom stereocenters. The van der Waals surface area contributed by atoms with Crippen molar-refractivity contribution in [2.45, 2.75) is 96.7 Å². The van der Waals surface area contributed by atoms with Crippen LogP contribution in [0.5, 0.6) is 0 Å². The van der Waals surface area contributed by atoms with Crippen LogP contribution in [0.1, 0.15) is 84.1 Å². The Kier molecular flexibility index (Phi) is 5.14. The molecule has 4 saturated carbocycles. The van der Waals surface area contributed by atoms with Gasteiger partial charge in [-0.15, -0.1) is 0 Å². The third-order valence-corrected chi connectivity index (χ3v) is 10.7. The van der Waals surface area contributed by atoms with E-state index in [-0.39, 0.29) is 0 Å². The van der Waals surface area contributed by atoms with E-state index in [4.69, 9.17) is 0 Å². The molecule has 0 spiro atoms. The summed E-state index contributed by atoms with van der Waals surface area (Å²) in [7, 11) is 2.37. The summed E-state index contributed by atoms with van der Waals surface area (Å²) in [5.41, 5.74) is 1.98. The van der Waals surface area contributed by atoms with Crippen LogP contribution in [0.15, 0.2) is 30.3 Å². The second kappa shape index (κ2) is 7.34. The van der Waals surface area contributed by atoms with Gasteiger partial charge in [0, 0.05) is 12.6 Å². The minimum atomic E-state index is -0.418. The zero-order valence-electron chi connectivity index (χ0n) is 19.7. The molecule has 2 heteroatoms. The molecule has 0 amide bonds. The first-order valence-corrected chi connectivity index (χ1v) is 12.7. The fraction of sp³-hybridized carbons (Fsp3) is 0.786. The van der Waals surface area contributed by atoms with Crippen molar-refractivity contribution in [3.8, 4) is 0 Å². The number of rotatable bonds is 3. The first-order valence-electron chi connectivity index (χ1n) is 12.7. The normalized spacial score (nSPS) is 48.1. The molecule has 30 heavy (non-hydrogen) atoms. The summed E-state index contributed by atoms with van der Waals surface area (Å²) in [5, 5.41) is 10.7. The van der Waals surface area contributed by atoms with E-state index in [9.17, 15) is 5.11 Å². The first-order chi connectivity index (χ1) is 14.2. The zero-order valence-corrected chi connectivity index (χ0v) is 19.7. The Morgan fingerprint density at radius 1 is 0.867 bits per heavy atom. The van der Waals surface area contributed by atoms with Gasteiger partial charge in [0.15, 0.2) is 0 Å². The molecule has 0 heterocycles. The van der Waals surface area contributed by atoms with Crippen molar-refractivity contribution in [2.75, 3.05) is 7.05 Å². The van der Waals surface area contributed by atoms with Gasteiger partial charge in [0.2, 0.25) is 0 Å². The predicted molar refractivity (Wildman–Crippen MR) is 124 cm³/mol. The first kappa shape index (κ1) is 21.0. The van der Waals surface area contributed by atoms with Crippen molar-refractivity contribution in [2.24, 2.45) is 34.5 Å². The Balaban J connectivity index is 1.34. The second-order valence-electron chi connectivity index (χ2n) is 12.4. The minimum absolute atomic E-state index is 0.418. The molecule has 2 nitrogen and oxygen atoms in total. The van der Waals surface area contributed by atoms with Crippen LogP contribution in [-0.4, -0.2) is 28.7 Å². The molecule has 1 aromatic rings. The number of hydrogen-bond acceptors (Lipinski definition) is 2. The molecule has 4 fully saturated rings. The lowest BCUT2D eigenvalue weighted by Gasteiger charge is -2.62. The topological polar surface area (TPSA) is 23.5 Å². The van der Waals surface area contributed by atoms with Gasteiger partial charge >= 0.3 is 0 Å². The van der Waals surface area contributed by atoms with Crippen LogP contribution in [0.25, 0.3) is 0 Å². The summed E-state index contributed by atoms with van der Waals surface area (Å²) in [4.78, 5) is 2.68. The molecule has 8 atom stereocenters. The van der Waals surface area contributed by atoms with E-state index in [0.717, 1.165) is 49.1 Å². The quantitative estimate of drug-likeness (QED) is 0.635. The summed E-state index contributed by atoms with van der Waals surface area (Å²) < 4.78 is 0. The Morgan fingerprint density at radius 3 is 2.37 bits per heavy atom. The fourth-order valence-corrected chi connectivity index (χ4v) is 9.11. The lowest BCUT2D eigenvalue weighted by molar-refractivity contribution is -0.147. The van der Waals surface area contributed by atoms with Crippen molar-refractivity contribution in [1.29, 1.82) is 0 Å². The molecule has 0 aromatic heterocycles. The smallest absolute Gasteiger partial charge is 0.0622 e. The molecule has 0 aliphatic heterocycles. The third kappa shape index (κ3) is 3.28. The Hall–Kier alpha value is -0.860. The van der Waals surface area contributed by atoms with Gasteiger partial charge < -0.3 is 5.11 Å². The molecule has 1 N–H and O–H groups in total. The highest BCUT2D eigenvalue weighted by Crippen LogP contribution is 2.67. The average molecular weight is 410 g/mol. The molecule has 0 bridgehead atoms. The van der Waals surface area contributed by atoms with Gasteiger partial charge in [-0.3, -0.25) is 4.90 Å². The van der Waals surface area contributed by atoms with Gasteiger partial charge in [0.05, 0.1) is 5.60 Å². The number of hydrogen-bond donors (Lipinski definition) is 1. The summed E-state index contributed by atoms with van der Waals surface area (Å²) in [6.45, 7) is 8.42. The van der Waals surface area contributed by atoms with Crippen LogP contribution in [0.3, 0.4) is 0 Å². The highest BCUT2D eigenvalue weighted by Gasteiger charge is 2.61. The van der Waals surface area contributed by atoms with Crippen molar-refractivity contribution < 1.29 is 5.11 Å². The Bertz CT molecular complexity index is 759. The predicted octanol–water partition coefficient (Wildman–Crippen LogP) is 6.28. The van der Waals surface area contributed by atoms with Crippen LogP contribution in [0.2, 0.25) is 0 Å². The summed E-state index contributed by atoms with van der Waals surface area (Å²) in [6.07, 6.45) is 11.7. The van der Waals surface area contributed by atoms with E-state index in [1.54, 1.807) is 0 Å². The van der Waals surface area contributed by atoms with E-state index in [2.05, 4.69) is 63.1 Å². The maximum Gasteiger partial charge on any atom is 0.0622 e. The summed E-state index contributed by atoms with van der Waals surface area (Å²) in [5.74, 6) is 3.45. The van der Waals surface area contributed by atoms with Crippen molar-refractivity contribution in [1.82, 2.24) is 4.90 Å². The molecule has 1 aromatic carbocycles. The number of aliphatic hydroxyl groups is 1. The van der Waals surface area contributed by atoms with Gasteiger partial charge in [0.25, 0.3) is 0 Å². The van der Waals surface area contributed by atoms with Crippen LogP contribution in [0, 0.1) is 34.5 Å². The van der Waals surface area contributed by atoms with Crippen molar-refractivity contribution >= 4 is 0 Å². The van der Waals surface area contributed by atoms with Crippen LogP contribution in [0.4, 0.5) is 0 Å². The summed E-state index contributed by atoms with van der Waals surface area (Å²) in [6, 6.07) is 11.8. The second-order valence-corrected chi connectivity index (χ2v) is 12.4. The van der Waals surface area contributed by atoms with E-state index in [0.29, 0.717) is 10.8 Å². The monoisotopic (exact) mass is 409 g/mol. The molecule has 0 saturated heterocycles.